The standard InChI is InChI=1S/C20H26N4O2S2/c1-6-24(7-2)28(25,26)17-10-8-16(9-11-17)14(4)23-19-18-13(3)15(5)27-20(18)22-12-21-19/h8-12,14H,6-7H2,1-5H3,(H,21,22,23)/t14-/m0/s1. The fourth-order valence-electron chi connectivity index (χ4n) is 3.22. The van der Waals surface area contributed by atoms with E-state index in [1.807, 2.05) is 32.9 Å². The van der Waals surface area contributed by atoms with Gasteiger partial charge in [-0.25, -0.2) is 18.4 Å². The minimum Gasteiger partial charge on any atom is -0.363 e. The third-order valence-electron chi connectivity index (χ3n) is 5.04. The van der Waals surface area contributed by atoms with Crippen LogP contribution in [0.3, 0.4) is 0 Å². The molecule has 0 amide bonds. The molecule has 0 saturated carbocycles. The Kier molecular flexibility index (Phi) is 6.02. The number of hydrogen-bond acceptors (Lipinski definition) is 6. The van der Waals surface area contributed by atoms with Crippen molar-refractivity contribution in [2.75, 3.05) is 18.4 Å². The van der Waals surface area contributed by atoms with Gasteiger partial charge in [-0.15, -0.1) is 11.3 Å². The third-order valence-corrected chi connectivity index (χ3v) is 8.22. The molecule has 0 aliphatic rings. The number of nitrogens with one attached hydrogen (secondary N) is 1. The molecule has 1 atom stereocenters. The Labute approximate surface area is 170 Å². The Morgan fingerprint density at radius 3 is 2.36 bits per heavy atom. The maximum absolute atomic E-state index is 12.6. The summed E-state index contributed by atoms with van der Waals surface area (Å²) in [6.45, 7) is 10.8. The average Bonchev–Trinajstić information content (AvgIpc) is 2.97. The van der Waals surface area contributed by atoms with Crippen molar-refractivity contribution in [3.05, 3.63) is 46.6 Å². The van der Waals surface area contributed by atoms with Gasteiger partial charge in [0.1, 0.15) is 17.0 Å². The summed E-state index contributed by atoms with van der Waals surface area (Å²) in [6, 6.07) is 7.05. The molecule has 0 unspecified atom stereocenters. The van der Waals surface area contributed by atoms with Gasteiger partial charge in [-0.2, -0.15) is 4.31 Å². The molecule has 2 aromatic heterocycles. The van der Waals surface area contributed by atoms with Gasteiger partial charge in [0.15, 0.2) is 0 Å². The number of aryl methyl sites for hydroxylation is 2. The Morgan fingerprint density at radius 1 is 1.11 bits per heavy atom. The first-order chi connectivity index (χ1) is 13.3. The van der Waals surface area contributed by atoms with Crippen LogP contribution in [-0.4, -0.2) is 35.8 Å². The number of hydrogen-bond donors (Lipinski definition) is 1. The van der Waals surface area contributed by atoms with Gasteiger partial charge >= 0.3 is 0 Å². The smallest absolute Gasteiger partial charge is 0.243 e. The van der Waals surface area contributed by atoms with Crippen LogP contribution in [0.5, 0.6) is 0 Å². The second-order valence-electron chi connectivity index (χ2n) is 6.71. The summed E-state index contributed by atoms with van der Waals surface area (Å²) in [5.74, 6) is 0.805. The average molecular weight is 419 g/mol. The first-order valence-electron chi connectivity index (χ1n) is 9.36. The number of thiophene rings is 1. The molecule has 0 spiro atoms. The summed E-state index contributed by atoms with van der Waals surface area (Å²) in [4.78, 5) is 11.3. The molecule has 1 aromatic carbocycles. The SMILES string of the molecule is CCN(CC)S(=O)(=O)c1ccc([C@H](C)Nc2ncnc3sc(C)c(C)c23)cc1. The highest BCUT2D eigenvalue weighted by Crippen LogP contribution is 2.34. The maximum atomic E-state index is 12.6. The van der Waals surface area contributed by atoms with Gasteiger partial charge in [-0.3, -0.25) is 0 Å². The van der Waals surface area contributed by atoms with Crippen LogP contribution in [-0.2, 0) is 10.0 Å². The highest BCUT2D eigenvalue weighted by molar-refractivity contribution is 7.89. The number of sulfonamides is 1. The largest absolute Gasteiger partial charge is 0.363 e. The highest BCUT2D eigenvalue weighted by Gasteiger charge is 2.22. The Bertz CT molecular complexity index is 1070. The number of rotatable bonds is 7. The fraction of sp³-hybridized carbons (Fsp3) is 0.400. The first-order valence-corrected chi connectivity index (χ1v) is 11.6. The maximum Gasteiger partial charge on any atom is 0.243 e. The molecule has 150 valence electrons. The van der Waals surface area contributed by atoms with Crippen LogP contribution in [0.4, 0.5) is 5.82 Å². The molecule has 0 aliphatic heterocycles. The van der Waals surface area contributed by atoms with Crippen molar-refractivity contribution in [1.82, 2.24) is 14.3 Å². The quantitative estimate of drug-likeness (QED) is 0.611. The van der Waals surface area contributed by atoms with E-state index in [1.165, 1.54) is 14.7 Å². The molecule has 0 radical (unpaired) electrons. The number of aromatic nitrogens is 2. The van der Waals surface area contributed by atoms with Crippen LogP contribution in [0.2, 0.25) is 0 Å². The van der Waals surface area contributed by atoms with Crippen molar-refractivity contribution in [3.63, 3.8) is 0 Å². The minimum atomic E-state index is -3.44. The van der Waals surface area contributed by atoms with Crippen LogP contribution < -0.4 is 5.32 Å². The van der Waals surface area contributed by atoms with E-state index in [2.05, 4.69) is 29.1 Å². The normalized spacial score (nSPS) is 13.2. The summed E-state index contributed by atoms with van der Waals surface area (Å²) in [6.07, 6.45) is 1.58. The molecule has 6 nitrogen and oxygen atoms in total. The highest BCUT2D eigenvalue weighted by atomic mass is 32.2. The molecule has 0 aliphatic carbocycles. The van der Waals surface area contributed by atoms with E-state index in [0.717, 1.165) is 21.6 Å². The zero-order valence-electron chi connectivity index (χ0n) is 16.9. The molecule has 2 heterocycles. The summed E-state index contributed by atoms with van der Waals surface area (Å²) < 4.78 is 26.8. The van der Waals surface area contributed by atoms with Crippen molar-refractivity contribution in [3.8, 4) is 0 Å². The molecular formula is C20H26N4O2S2. The fourth-order valence-corrected chi connectivity index (χ4v) is 5.68. The van der Waals surface area contributed by atoms with E-state index in [1.54, 1.807) is 29.8 Å². The zero-order chi connectivity index (χ0) is 20.5. The van der Waals surface area contributed by atoms with E-state index in [9.17, 15) is 8.42 Å². The summed E-state index contributed by atoms with van der Waals surface area (Å²) in [7, 11) is -3.44. The minimum absolute atomic E-state index is 0.0251. The van der Waals surface area contributed by atoms with E-state index in [4.69, 9.17) is 0 Å². The molecule has 3 aromatic rings. The molecule has 0 bridgehead atoms. The third kappa shape index (κ3) is 3.76. The molecule has 0 fully saturated rings. The van der Waals surface area contributed by atoms with Crippen molar-refractivity contribution < 1.29 is 8.42 Å². The lowest BCUT2D eigenvalue weighted by Crippen LogP contribution is -2.30. The Hall–Kier alpha value is -2.03. The van der Waals surface area contributed by atoms with E-state index < -0.39 is 10.0 Å². The van der Waals surface area contributed by atoms with Crippen molar-refractivity contribution in [1.29, 1.82) is 0 Å². The molecule has 1 N–H and O–H groups in total. The van der Waals surface area contributed by atoms with Gasteiger partial charge in [0, 0.05) is 24.0 Å². The molecular weight excluding hydrogens is 392 g/mol. The van der Waals surface area contributed by atoms with Gasteiger partial charge < -0.3 is 5.32 Å². The molecule has 3 rings (SSSR count). The molecule has 8 heteroatoms. The number of anilines is 1. The lowest BCUT2D eigenvalue weighted by Gasteiger charge is -2.19. The Morgan fingerprint density at radius 2 is 1.75 bits per heavy atom. The predicted octanol–water partition coefficient (Wildman–Crippen LogP) is 4.51. The number of fused-ring (bicyclic) bond motifs is 1. The lowest BCUT2D eigenvalue weighted by atomic mass is 10.1. The van der Waals surface area contributed by atoms with E-state index in [0.29, 0.717) is 18.0 Å². The zero-order valence-corrected chi connectivity index (χ0v) is 18.5. The first kappa shape index (κ1) is 20.7. The van der Waals surface area contributed by atoms with Crippen LogP contribution in [0.1, 0.15) is 42.8 Å². The predicted molar refractivity (Wildman–Crippen MR) is 115 cm³/mol. The second-order valence-corrected chi connectivity index (χ2v) is 9.85. The number of benzene rings is 1. The van der Waals surface area contributed by atoms with Crippen molar-refractivity contribution in [2.45, 2.75) is 45.6 Å². The van der Waals surface area contributed by atoms with Crippen LogP contribution in [0.15, 0.2) is 35.5 Å². The van der Waals surface area contributed by atoms with E-state index in [-0.39, 0.29) is 6.04 Å². The van der Waals surface area contributed by atoms with Crippen LogP contribution in [0.25, 0.3) is 10.2 Å². The molecule has 0 saturated heterocycles. The molecule has 28 heavy (non-hydrogen) atoms. The van der Waals surface area contributed by atoms with Crippen LogP contribution in [0, 0.1) is 13.8 Å². The van der Waals surface area contributed by atoms with Gasteiger partial charge in [0.25, 0.3) is 0 Å². The summed E-state index contributed by atoms with van der Waals surface area (Å²) in [5.41, 5.74) is 2.19. The van der Waals surface area contributed by atoms with Gasteiger partial charge in [-0.05, 0) is 44.0 Å². The summed E-state index contributed by atoms with van der Waals surface area (Å²) >= 11 is 1.66. The Balaban J connectivity index is 1.86. The monoisotopic (exact) mass is 418 g/mol. The van der Waals surface area contributed by atoms with Gasteiger partial charge in [-0.1, -0.05) is 26.0 Å². The number of nitrogens with zero attached hydrogens (tertiary/aromatic N) is 3. The van der Waals surface area contributed by atoms with Crippen LogP contribution >= 0.6 is 11.3 Å². The van der Waals surface area contributed by atoms with E-state index >= 15 is 0 Å². The summed E-state index contributed by atoms with van der Waals surface area (Å²) in [5, 5.41) is 4.51. The second kappa shape index (κ2) is 8.14. The topological polar surface area (TPSA) is 75.2 Å². The van der Waals surface area contributed by atoms with Crippen molar-refractivity contribution >= 4 is 37.4 Å². The van der Waals surface area contributed by atoms with Crippen molar-refractivity contribution in [2.24, 2.45) is 0 Å². The van der Waals surface area contributed by atoms with Gasteiger partial charge in [0.2, 0.25) is 10.0 Å². The van der Waals surface area contributed by atoms with Gasteiger partial charge in [0.05, 0.1) is 10.3 Å². The lowest BCUT2D eigenvalue weighted by molar-refractivity contribution is 0.445.